The van der Waals surface area contributed by atoms with Crippen molar-refractivity contribution in [2.24, 2.45) is 0 Å². The predicted octanol–water partition coefficient (Wildman–Crippen LogP) is 7.76. The van der Waals surface area contributed by atoms with Crippen LogP contribution < -0.4 is 19.6 Å². The molecule has 0 aromatic heterocycles. The molecule has 0 unspecified atom stereocenters. The Balaban J connectivity index is 0.925. The highest BCUT2D eigenvalue weighted by molar-refractivity contribution is 5.97. The molecule has 2 saturated heterocycles. The molecule has 2 heterocycles. The van der Waals surface area contributed by atoms with Gasteiger partial charge in [0.05, 0.1) is 12.6 Å². The van der Waals surface area contributed by atoms with E-state index in [1.165, 1.54) is 22.5 Å². The minimum absolute atomic E-state index is 0.0813. The molecule has 59 heavy (non-hydrogen) atoms. The topological polar surface area (TPSA) is 90.9 Å². The van der Waals surface area contributed by atoms with Crippen molar-refractivity contribution in [2.45, 2.75) is 64.0 Å². The fourth-order valence-corrected chi connectivity index (χ4v) is 8.73. The summed E-state index contributed by atoms with van der Waals surface area (Å²) in [6.45, 7) is 6.29. The van der Waals surface area contributed by atoms with Crippen LogP contribution in [0.1, 0.15) is 76.8 Å². The lowest BCUT2D eigenvalue weighted by Crippen LogP contribution is -2.60. The average Bonchev–Trinajstić information content (AvgIpc) is 3.26. The Bertz CT molecular complexity index is 1830. The van der Waals surface area contributed by atoms with E-state index in [1.807, 2.05) is 24.3 Å². The van der Waals surface area contributed by atoms with Crippen LogP contribution in [-0.2, 0) is 17.6 Å². The van der Waals surface area contributed by atoms with Gasteiger partial charge in [-0.3, -0.25) is 24.2 Å². The fraction of sp³-hybridized carbons (Fsp3) is 0.449. The Morgan fingerprint density at radius 1 is 0.525 bits per heavy atom. The maximum atomic E-state index is 13.0. The van der Waals surface area contributed by atoms with E-state index in [0.717, 1.165) is 113 Å². The zero-order valence-corrected chi connectivity index (χ0v) is 35.7. The smallest absolute Gasteiger partial charge is 0.306 e. The van der Waals surface area contributed by atoms with Gasteiger partial charge in [0, 0.05) is 127 Å². The van der Waals surface area contributed by atoms with Crippen LogP contribution >= 0.6 is 0 Å². The summed E-state index contributed by atoms with van der Waals surface area (Å²) in [4.78, 5) is 51.7. The highest BCUT2D eigenvalue weighted by Crippen LogP contribution is 2.26. The number of anilines is 4. The number of aryl methyl sites for hydroxylation is 2. The molecule has 4 aromatic rings. The molecule has 0 amide bonds. The van der Waals surface area contributed by atoms with Crippen molar-refractivity contribution < 1.29 is 19.5 Å². The Hall–Kier alpha value is -5.19. The lowest BCUT2D eigenvalue weighted by Gasteiger charge is -2.46. The van der Waals surface area contributed by atoms with Gasteiger partial charge in [-0.15, -0.1) is 0 Å². The van der Waals surface area contributed by atoms with Crippen molar-refractivity contribution >= 4 is 40.3 Å². The molecule has 10 nitrogen and oxygen atoms in total. The number of Topliss-reactive ketones (excluding diaryl/α,β-unsaturated/α-hetero) is 2. The summed E-state index contributed by atoms with van der Waals surface area (Å²) in [5, 5.41) is 9.92. The summed E-state index contributed by atoms with van der Waals surface area (Å²) in [5.41, 5.74) is 8.82. The molecule has 0 radical (unpaired) electrons. The Labute approximate surface area is 352 Å². The van der Waals surface area contributed by atoms with Crippen molar-refractivity contribution in [1.29, 1.82) is 0 Å². The van der Waals surface area contributed by atoms with Gasteiger partial charge >= 0.3 is 5.97 Å². The third-order valence-corrected chi connectivity index (χ3v) is 12.1. The van der Waals surface area contributed by atoms with Gasteiger partial charge in [0.25, 0.3) is 0 Å². The molecule has 10 heteroatoms. The zero-order chi connectivity index (χ0) is 41.7. The molecular formula is C49H64N6O4. The number of ketones is 2. The first-order chi connectivity index (χ1) is 28.6. The first-order valence-corrected chi connectivity index (χ1v) is 21.5. The number of para-hydroxylation sites is 2. The summed E-state index contributed by atoms with van der Waals surface area (Å²) >= 11 is 0. The van der Waals surface area contributed by atoms with Gasteiger partial charge < -0.3 is 24.7 Å². The molecule has 0 aliphatic carbocycles. The Morgan fingerprint density at radius 2 is 0.898 bits per heavy atom. The Kier molecular flexibility index (Phi) is 15.6. The summed E-state index contributed by atoms with van der Waals surface area (Å²) < 4.78 is 0. The summed E-state index contributed by atoms with van der Waals surface area (Å²) in [7, 11) is 8.26. The normalized spacial score (nSPS) is 15.1. The predicted molar refractivity (Wildman–Crippen MR) is 242 cm³/mol. The van der Waals surface area contributed by atoms with Crippen LogP contribution in [0.15, 0.2) is 97.1 Å². The second kappa shape index (κ2) is 21.2. The highest BCUT2D eigenvalue weighted by atomic mass is 16.4. The molecule has 2 aliphatic rings. The number of benzene rings is 4. The van der Waals surface area contributed by atoms with E-state index in [-0.39, 0.29) is 24.2 Å². The van der Waals surface area contributed by atoms with E-state index < -0.39 is 5.97 Å². The van der Waals surface area contributed by atoms with Gasteiger partial charge in [-0.1, -0.05) is 36.4 Å². The van der Waals surface area contributed by atoms with E-state index in [1.54, 1.807) is 0 Å². The number of aliphatic carboxylic acids is 1. The van der Waals surface area contributed by atoms with Crippen molar-refractivity contribution in [3.05, 3.63) is 119 Å². The maximum Gasteiger partial charge on any atom is 0.306 e. The van der Waals surface area contributed by atoms with Crippen molar-refractivity contribution in [1.82, 2.24) is 9.80 Å². The van der Waals surface area contributed by atoms with E-state index in [0.29, 0.717) is 12.8 Å². The fourth-order valence-electron chi connectivity index (χ4n) is 8.73. The molecule has 1 N–H and O–H groups in total. The molecule has 0 saturated carbocycles. The zero-order valence-electron chi connectivity index (χ0n) is 35.7. The largest absolute Gasteiger partial charge is 0.481 e. The van der Waals surface area contributed by atoms with Crippen molar-refractivity contribution in [3.63, 3.8) is 0 Å². The SMILES string of the molecule is CN(C)c1ccccc1CCCCC(=O)c1ccc(N2CCN(C(CC(=O)O)N3CCN(c4ccc(C(=O)CCCCc5ccccc5N(C)C)cc4)CC3)CC2)cc1. The summed E-state index contributed by atoms with van der Waals surface area (Å²) in [5.74, 6) is -0.409. The van der Waals surface area contributed by atoms with E-state index in [9.17, 15) is 19.5 Å². The first kappa shape index (κ1) is 43.4. The van der Waals surface area contributed by atoms with E-state index >= 15 is 0 Å². The number of carbonyl (C=O) groups excluding carboxylic acids is 2. The number of carboxylic acid groups (broad SMARTS) is 1. The highest BCUT2D eigenvalue weighted by Gasteiger charge is 2.32. The number of hydrogen-bond donors (Lipinski definition) is 1. The number of unbranched alkanes of at least 4 members (excludes halogenated alkanes) is 2. The van der Waals surface area contributed by atoms with Crippen molar-refractivity contribution in [2.75, 3.05) is 100 Å². The third-order valence-electron chi connectivity index (χ3n) is 12.1. The second-order valence-electron chi connectivity index (χ2n) is 16.5. The third kappa shape index (κ3) is 12.0. The molecule has 2 aliphatic heterocycles. The lowest BCUT2D eigenvalue weighted by atomic mass is 10.0. The van der Waals surface area contributed by atoms with Crippen molar-refractivity contribution in [3.8, 4) is 0 Å². The Morgan fingerprint density at radius 3 is 1.25 bits per heavy atom. The molecule has 0 atom stereocenters. The number of nitrogens with zero attached hydrogens (tertiary/aromatic N) is 6. The van der Waals surface area contributed by atoms with Gasteiger partial charge in [-0.2, -0.15) is 0 Å². The molecule has 4 aromatic carbocycles. The molecule has 6 rings (SSSR count). The van der Waals surface area contributed by atoms with Gasteiger partial charge in [0.2, 0.25) is 0 Å². The van der Waals surface area contributed by atoms with Crippen LogP contribution in [0, 0.1) is 0 Å². The van der Waals surface area contributed by atoms with Crippen LogP contribution in [-0.4, -0.2) is 119 Å². The van der Waals surface area contributed by atoms with E-state index in [2.05, 4.69) is 130 Å². The van der Waals surface area contributed by atoms with Crippen LogP contribution in [0.4, 0.5) is 22.7 Å². The van der Waals surface area contributed by atoms with Gasteiger partial charge in [0.1, 0.15) is 0 Å². The number of hydrogen-bond acceptors (Lipinski definition) is 9. The second-order valence-corrected chi connectivity index (χ2v) is 16.5. The quantitative estimate of drug-likeness (QED) is 0.0707. The summed E-state index contributed by atoms with van der Waals surface area (Å²) in [6.07, 6.45) is 6.61. The maximum absolute atomic E-state index is 13.0. The molecule has 2 fully saturated rings. The molecule has 0 spiro atoms. The molecular weight excluding hydrogens is 737 g/mol. The minimum Gasteiger partial charge on any atom is -0.481 e. The van der Waals surface area contributed by atoms with Gasteiger partial charge in [-0.05, 0) is 110 Å². The average molecular weight is 801 g/mol. The van der Waals surface area contributed by atoms with Gasteiger partial charge in [0.15, 0.2) is 11.6 Å². The standard InChI is InChI=1S/C49H64N6O4/c1-50(2)44-17-9-5-13-38(44)15-7-11-19-46(56)40-21-25-42(26-22-40)52-29-33-54(34-30-52)48(37-49(58)59)55-35-31-53(32-36-55)43-27-23-41(24-28-43)47(57)20-12-8-16-39-14-6-10-18-45(39)51(3)4/h5-6,9-10,13-14,17-18,21-28,48H,7-8,11-12,15-16,19-20,29-37H2,1-4H3,(H,58,59). The van der Waals surface area contributed by atoms with Crippen LogP contribution in [0.3, 0.4) is 0 Å². The first-order valence-electron chi connectivity index (χ1n) is 21.5. The number of carbonyl (C=O) groups is 3. The van der Waals surface area contributed by atoms with Crippen LogP contribution in [0.5, 0.6) is 0 Å². The monoisotopic (exact) mass is 800 g/mol. The van der Waals surface area contributed by atoms with E-state index in [4.69, 9.17) is 0 Å². The van der Waals surface area contributed by atoms with Crippen LogP contribution in [0.2, 0.25) is 0 Å². The number of rotatable bonds is 20. The molecule has 314 valence electrons. The number of piperazine rings is 2. The lowest BCUT2D eigenvalue weighted by molar-refractivity contribution is -0.140. The number of carboxylic acids is 1. The summed E-state index contributed by atoms with van der Waals surface area (Å²) in [6, 6.07) is 33.0. The van der Waals surface area contributed by atoms with Crippen LogP contribution in [0.25, 0.3) is 0 Å². The minimum atomic E-state index is -0.780. The van der Waals surface area contributed by atoms with Gasteiger partial charge in [-0.25, -0.2) is 0 Å². The molecule has 0 bridgehead atoms.